The molecule has 1 aliphatic heterocycles. The molecular formula is C15H19ClN2O. The van der Waals surface area contributed by atoms with Crippen LogP contribution in [-0.2, 0) is 10.3 Å². The normalized spacial score (nSPS) is 25.5. The van der Waals surface area contributed by atoms with Gasteiger partial charge in [0.2, 0.25) is 0 Å². The summed E-state index contributed by atoms with van der Waals surface area (Å²) in [6.45, 7) is 0.751. The summed E-state index contributed by atoms with van der Waals surface area (Å²) in [5.74, 6) is 0.677. The largest absolute Gasteiger partial charge is 0.385 e. The van der Waals surface area contributed by atoms with Crippen molar-refractivity contribution in [3.63, 3.8) is 0 Å². The number of methoxy groups -OCH3 is 1. The van der Waals surface area contributed by atoms with Crippen molar-refractivity contribution in [1.29, 1.82) is 0 Å². The highest BCUT2D eigenvalue weighted by molar-refractivity contribution is 6.30. The van der Waals surface area contributed by atoms with Gasteiger partial charge in [-0.15, -0.1) is 0 Å². The van der Waals surface area contributed by atoms with Crippen LogP contribution in [0.1, 0.15) is 24.8 Å². The van der Waals surface area contributed by atoms with Gasteiger partial charge in [-0.25, -0.2) is 4.99 Å². The molecular weight excluding hydrogens is 260 g/mol. The molecule has 0 bridgehead atoms. The molecule has 1 aromatic rings. The smallest absolute Gasteiger partial charge is 0.0917 e. The molecule has 1 aliphatic carbocycles. The molecule has 0 radical (unpaired) electrons. The number of hydrogen-bond acceptors (Lipinski definition) is 3. The third-order valence-corrected chi connectivity index (χ3v) is 4.60. The predicted octanol–water partition coefficient (Wildman–Crippen LogP) is 3.59. The third kappa shape index (κ3) is 2.05. The fourth-order valence-corrected chi connectivity index (χ4v) is 3.42. The van der Waals surface area contributed by atoms with Crippen molar-refractivity contribution in [3.05, 3.63) is 28.8 Å². The Bertz CT molecular complexity index is 513. The lowest BCUT2D eigenvalue weighted by atomic mass is 9.79. The number of aliphatic imine (C=N–C) groups is 1. The molecule has 3 nitrogen and oxygen atoms in total. The molecule has 4 heteroatoms. The second-order valence-corrected chi connectivity index (χ2v) is 5.89. The Balaban J connectivity index is 2.11. The Morgan fingerprint density at radius 3 is 2.95 bits per heavy atom. The minimum Gasteiger partial charge on any atom is -0.385 e. The van der Waals surface area contributed by atoms with E-state index in [0.717, 1.165) is 23.7 Å². The van der Waals surface area contributed by atoms with Crippen LogP contribution in [0.15, 0.2) is 23.2 Å². The summed E-state index contributed by atoms with van der Waals surface area (Å²) >= 11 is 6.21. The van der Waals surface area contributed by atoms with E-state index in [4.69, 9.17) is 16.3 Å². The first-order valence-electron chi connectivity index (χ1n) is 6.74. The average molecular weight is 279 g/mol. The second kappa shape index (κ2) is 4.80. The molecule has 1 aromatic carbocycles. The molecule has 0 N–H and O–H groups in total. The average Bonchev–Trinajstić information content (AvgIpc) is 3.23. The third-order valence-electron chi connectivity index (χ3n) is 4.36. The number of benzene rings is 1. The van der Waals surface area contributed by atoms with E-state index in [1.54, 1.807) is 7.11 Å². The Kier molecular flexibility index (Phi) is 3.27. The SMILES string of the molecule is COCCC1(C2CC2)c2cc(Cl)ccc2N=CN1C. The number of hydrogen-bond donors (Lipinski definition) is 0. The van der Waals surface area contributed by atoms with Gasteiger partial charge < -0.3 is 9.64 Å². The van der Waals surface area contributed by atoms with Gasteiger partial charge in [0.15, 0.2) is 0 Å². The summed E-state index contributed by atoms with van der Waals surface area (Å²) in [6, 6.07) is 6.01. The molecule has 1 atom stereocenters. The number of ether oxygens (including phenoxy) is 1. The summed E-state index contributed by atoms with van der Waals surface area (Å²) in [5.41, 5.74) is 2.30. The molecule has 0 aromatic heterocycles. The topological polar surface area (TPSA) is 24.8 Å². The summed E-state index contributed by atoms with van der Waals surface area (Å²) in [6.07, 6.45) is 5.47. The van der Waals surface area contributed by atoms with Gasteiger partial charge in [-0.1, -0.05) is 11.6 Å². The minimum absolute atomic E-state index is 0.00199. The highest BCUT2D eigenvalue weighted by Crippen LogP contribution is 2.54. The quantitative estimate of drug-likeness (QED) is 0.841. The van der Waals surface area contributed by atoms with Crippen LogP contribution < -0.4 is 0 Å². The number of fused-ring (bicyclic) bond motifs is 1. The zero-order valence-corrected chi connectivity index (χ0v) is 12.2. The van der Waals surface area contributed by atoms with Crippen LogP contribution >= 0.6 is 11.6 Å². The van der Waals surface area contributed by atoms with Crippen molar-refractivity contribution in [3.8, 4) is 0 Å². The Hall–Kier alpha value is -1.06. The van der Waals surface area contributed by atoms with Gasteiger partial charge in [-0.2, -0.15) is 0 Å². The number of nitrogens with zero attached hydrogens (tertiary/aromatic N) is 2. The minimum atomic E-state index is -0.00199. The molecule has 1 fully saturated rings. The van der Waals surface area contributed by atoms with Crippen molar-refractivity contribution in [2.24, 2.45) is 10.9 Å². The van der Waals surface area contributed by atoms with E-state index in [2.05, 4.69) is 23.0 Å². The summed E-state index contributed by atoms with van der Waals surface area (Å²) in [5, 5.41) is 0.784. The fourth-order valence-electron chi connectivity index (χ4n) is 3.25. The van der Waals surface area contributed by atoms with Crippen molar-refractivity contribution in [2.75, 3.05) is 20.8 Å². The summed E-state index contributed by atoms with van der Waals surface area (Å²) < 4.78 is 5.34. The zero-order chi connectivity index (χ0) is 13.5. The van der Waals surface area contributed by atoms with Gasteiger partial charge in [-0.3, -0.25) is 0 Å². The maximum absolute atomic E-state index is 6.21. The van der Waals surface area contributed by atoms with Crippen molar-refractivity contribution < 1.29 is 4.74 Å². The highest BCUT2D eigenvalue weighted by atomic mass is 35.5. The monoisotopic (exact) mass is 278 g/mol. The summed E-state index contributed by atoms with van der Waals surface area (Å²) in [7, 11) is 3.87. The van der Waals surface area contributed by atoms with E-state index < -0.39 is 0 Å². The first-order chi connectivity index (χ1) is 9.18. The molecule has 0 saturated heterocycles. The van der Waals surface area contributed by atoms with E-state index in [1.807, 2.05) is 18.5 Å². The maximum atomic E-state index is 6.21. The predicted molar refractivity (Wildman–Crippen MR) is 78.3 cm³/mol. The van der Waals surface area contributed by atoms with Crippen LogP contribution in [0.5, 0.6) is 0 Å². The van der Waals surface area contributed by atoms with Crippen LogP contribution in [0, 0.1) is 5.92 Å². The van der Waals surface area contributed by atoms with Crippen LogP contribution in [0.3, 0.4) is 0 Å². The molecule has 1 heterocycles. The molecule has 1 unspecified atom stereocenters. The van der Waals surface area contributed by atoms with Gasteiger partial charge in [0, 0.05) is 31.4 Å². The molecule has 19 heavy (non-hydrogen) atoms. The maximum Gasteiger partial charge on any atom is 0.0917 e. The fraction of sp³-hybridized carbons (Fsp3) is 0.533. The van der Waals surface area contributed by atoms with Crippen molar-refractivity contribution in [1.82, 2.24) is 4.90 Å². The van der Waals surface area contributed by atoms with Crippen LogP contribution in [0.4, 0.5) is 5.69 Å². The zero-order valence-electron chi connectivity index (χ0n) is 11.4. The molecule has 3 rings (SSSR count). The van der Waals surface area contributed by atoms with Gasteiger partial charge >= 0.3 is 0 Å². The Morgan fingerprint density at radius 2 is 2.26 bits per heavy atom. The highest BCUT2D eigenvalue weighted by Gasteiger charge is 2.50. The van der Waals surface area contributed by atoms with E-state index in [-0.39, 0.29) is 5.54 Å². The van der Waals surface area contributed by atoms with Gasteiger partial charge in [0.25, 0.3) is 0 Å². The Morgan fingerprint density at radius 1 is 1.47 bits per heavy atom. The first kappa shape index (κ1) is 12.9. The van der Waals surface area contributed by atoms with Crippen LogP contribution in [0.2, 0.25) is 5.02 Å². The van der Waals surface area contributed by atoms with Crippen molar-refractivity contribution in [2.45, 2.75) is 24.8 Å². The van der Waals surface area contributed by atoms with Gasteiger partial charge in [0.1, 0.15) is 0 Å². The molecule has 2 aliphatic rings. The lowest BCUT2D eigenvalue weighted by Crippen LogP contribution is -2.47. The molecule has 0 amide bonds. The Labute approximate surface area is 119 Å². The van der Waals surface area contributed by atoms with E-state index in [1.165, 1.54) is 18.4 Å². The van der Waals surface area contributed by atoms with Gasteiger partial charge in [0.05, 0.1) is 17.6 Å². The van der Waals surface area contributed by atoms with E-state index >= 15 is 0 Å². The van der Waals surface area contributed by atoms with Gasteiger partial charge in [-0.05, 0) is 43.4 Å². The second-order valence-electron chi connectivity index (χ2n) is 5.46. The van der Waals surface area contributed by atoms with Crippen LogP contribution in [0.25, 0.3) is 0 Å². The summed E-state index contributed by atoms with van der Waals surface area (Å²) in [4.78, 5) is 6.78. The standard InChI is InChI=1S/C15H19ClN2O/c1-18-10-17-14-6-5-12(16)9-13(14)15(18,7-8-19-2)11-3-4-11/h5-6,9-11H,3-4,7-8H2,1-2H3. The van der Waals surface area contributed by atoms with Crippen molar-refractivity contribution >= 4 is 23.6 Å². The lowest BCUT2D eigenvalue weighted by Gasteiger charge is -2.45. The number of rotatable bonds is 4. The van der Waals surface area contributed by atoms with E-state index in [0.29, 0.717) is 5.92 Å². The molecule has 1 saturated carbocycles. The first-order valence-corrected chi connectivity index (χ1v) is 7.12. The molecule has 0 spiro atoms. The van der Waals surface area contributed by atoms with E-state index in [9.17, 15) is 0 Å². The lowest BCUT2D eigenvalue weighted by molar-refractivity contribution is 0.0967. The molecule has 102 valence electrons. The van der Waals surface area contributed by atoms with Crippen LogP contribution in [-0.4, -0.2) is 32.0 Å². The number of halogens is 1.